The number of aryl methyl sites for hydroxylation is 2. The molecule has 134 valence electrons. The molecule has 0 fully saturated rings. The van der Waals surface area contributed by atoms with Crippen molar-refractivity contribution in [2.75, 3.05) is 13.2 Å². The van der Waals surface area contributed by atoms with Crippen LogP contribution >= 0.6 is 11.3 Å². The number of fused-ring (bicyclic) bond motifs is 2. The zero-order chi connectivity index (χ0) is 18.3. The van der Waals surface area contributed by atoms with E-state index in [1.165, 1.54) is 22.2 Å². The van der Waals surface area contributed by atoms with Gasteiger partial charge in [0, 0.05) is 16.9 Å². The third kappa shape index (κ3) is 2.88. The van der Waals surface area contributed by atoms with Crippen LogP contribution in [0.3, 0.4) is 0 Å². The van der Waals surface area contributed by atoms with Crippen LogP contribution < -0.4 is 15.0 Å². The van der Waals surface area contributed by atoms with Gasteiger partial charge in [-0.25, -0.2) is 4.98 Å². The molecule has 3 heterocycles. The molecule has 0 amide bonds. The van der Waals surface area contributed by atoms with Crippen molar-refractivity contribution in [2.24, 2.45) is 0 Å². The number of aromatic nitrogens is 2. The minimum atomic E-state index is -0.181. The Morgan fingerprint density at radius 3 is 2.81 bits per heavy atom. The predicted octanol–water partition coefficient (Wildman–Crippen LogP) is 3.12. The Kier molecular flexibility index (Phi) is 4.24. The summed E-state index contributed by atoms with van der Waals surface area (Å²) in [6.45, 7) is 4.97. The molecule has 6 nitrogen and oxygen atoms in total. The van der Waals surface area contributed by atoms with E-state index in [1.807, 2.05) is 13.8 Å². The number of rotatable bonds is 3. The van der Waals surface area contributed by atoms with Gasteiger partial charge in [0.25, 0.3) is 5.56 Å². The minimum absolute atomic E-state index is 0.0598. The zero-order valence-electron chi connectivity index (χ0n) is 14.6. The van der Waals surface area contributed by atoms with E-state index < -0.39 is 0 Å². The Bertz CT molecular complexity index is 1070. The van der Waals surface area contributed by atoms with E-state index in [0.29, 0.717) is 40.5 Å². The fraction of sp³-hybridized carbons (Fsp3) is 0.316. The molecular weight excluding hydrogens is 352 g/mol. The number of carbonyl (C=O) groups is 1. The molecule has 0 saturated heterocycles. The van der Waals surface area contributed by atoms with Crippen molar-refractivity contribution in [3.05, 3.63) is 50.9 Å². The maximum absolute atomic E-state index is 12.7. The van der Waals surface area contributed by atoms with Gasteiger partial charge in [0.05, 0.1) is 31.5 Å². The molecule has 1 aliphatic rings. The molecule has 1 aromatic carbocycles. The van der Waals surface area contributed by atoms with E-state index >= 15 is 0 Å². The summed E-state index contributed by atoms with van der Waals surface area (Å²) in [6, 6.07) is 5.12. The number of benzene rings is 1. The van der Waals surface area contributed by atoms with Gasteiger partial charge in [-0.1, -0.05) is 0 Å². The number of nitrogens with zero attached hydrogens (tertiary/aromatic N) is 2. The first-order valence-corrected chi connectivity index (χ1v) is 9.24. The van der Waals surface area contributed by atoms with Crippen LogP contribution in [-0.4, -0.2) is 28.5 Å². The van der Waals surface area contributed by atoms with Gasteiger partial charge in [0.2, 0.25) is 0 Å². The fourth-order valence-corrected chi connectivity index (χ4v) is 3.95. The van der Waals surface area contributed by atoms with Crippen molar-refractivity contribution in [3.63, 3.8) is 0 Å². The molecule has 0 atom stereocenters. The average molecular weight is 370 g/mol. The van der Waals surface area contributed by atoms with Crippen molar-refractivity contribution < 1.29 is 14.3 Å². The van der Waals surface area contributed by atoms with E-state index in [-0.39, 0.29) is 17.9 Å². The molecule has 7 heteroatoms. The minimum Gasteiger partial charge on any atom is -0.490 e. The molecule has 1 aliphatic heterocycles. The average Bonchev–Trinajstić information content (AvgIpc) is 2.81. The van der Waals surface area contributed by atoms with Gasteiger partial charge in [0.1, 0.15) is 4.83 Å². The van der Waals surface area contributed by atoms with Crippen molar-refractivity contribution in [3.8, 4) is 11.5 Å². The molecule has 0 unspecified atom stereocenters. The number of carbonyl (C=O) groups excluding carboxylic acids is 1. The van der Waals surface area contributed by atoms with Crippen LogP contribution in [0.2, 0.25) is 0 Å². The van der Waals surface area contributed by atoms with Gasteiger partial charge < -0.3 is 9.47 Å². The lowest BCUT2D eigenvalue weighted by Crippen LogP contribution is -2.24. The Morgan fingerprint density at radius 1 is 1.23 bits per heavy atom. The smallest absolute Gasteiger partial charge is 0.262 e. The molecular formula is C19H18N2O4S. The summed E-state index contributed by atoms with van der Waals surface area (Å²) >= 11 is 1.49. The third-order valence-corrected chi connectivity index (χ3v) is 5.65. The van der Waals surface area contributed by atoms with Crippen molar-refractivity contribution in [2.45, 2.75) is 26.8 Å². The second-order valence-corrected chi connectivity index (χ2v) is 7.48. The summed E-state index contributed by atoms with van der Waals surface area (Å²) < 4.78 is 12.6. The van der Waals surface area contributed by atoms with Crippen molar-refractivity contribution in [1.29, 1.82) is 0 Å². The molecule has 0 bridgehead atoms. The summed E-state index contributed by atoms with van der Waals surface area (Å²) in [4.78, 5) is 31.5. The van der Waals surface area contributed by atoms with Gasteiger partial charge in [-0.05, 0) is 37.6 Å². The highest BCUT2D eigenvalue weighted by molar-refractivity contribution is 7.18. The standard InChI is InChI=1S/C19H18N2O4S/c1-11-12(2)26-18-17(11)19(23)21(10-20-18)9-14(22)13-4-5-15-16(8-13)25-7-3-6-24-15/h4-5,8,10H,3,6-7,9H2,1-2H3. The summed E-state index contributed by atoms with van der Waals surface area (Å²) in [5, 5.41) is 0.599. The van der Waals surface area contributed by atoms with Crippen LogP contribution in [0.4, 0.5) is 0 Å². The maximum Gasteiger partial charge on any atom is 0.262 e. The van der Waals surface area contributed by atoms with Gasteiger partial charge in [-0.3, -0.25) is 14.2 Å². The molecule has 0 aliphatic carbocycles. The first-order chi connectivity index (χ1) is 12.5. The number of Topliss-reactive ketones (excluding diaryl/α,β-unsaturated/α-hetero) is 1. The topological polar surface area (TPSA) is 70.4 Å². The second kappa shape index (κ2) is 6.57. The molecule has 2 aromatic heterocycles. The quantitative estimate of drug-likeness (QED) is 0.663. The first-order valence-electron chi connectivity index (χ1n) is 8.42. The number of ketones is 1. The fourth-order valence-electron chi connectivity index (χ4n) is 2.97. The van der Waals surface area contributed by atoms with Gasteiger partial charge in [-0.2, -0.15) is 0 Å². The van der Waals surface area contributed by atoms with Gasteiger partial charge in [0.15, 0.2) is 17.3 Å². The Morgan fingerprint density at radius 2 is 2.00 bits per heavy atom. The zero-order valence-corrected chi connectivity index (χ0v) is 15.4. The number of hydrogen-bond donors (Lipinski definition) is 0. The summed E-state index contributed by atoms with van der Waals surface area (Å²) in [5.74, 6) is 1.04. The molecule has 0 radical (unpaired) electrons. The molecule has 26 heavy (non-hydrogen) atoms. The first kappa shape index (κ1) is 16.8. The third-order valence-electron chi connectivity index (χ3n) is 4.54. The number of hydrogen-bond acceptors (Lipinski definition) is 6. The largest absolute Gasteiger partial charge is 0.490 e. The Balaban J connectivity index is 1.65. The Labute approximate surface area is 154 Å². The van der Waals surface area contributed by atoms with E-state index in [9.17, 15) is 9.59 Å². The van der Waals surface area contributed by atoms with Gasteiger partial charge >= 0.3 is 0 Å². The van der Waals surface area contributed by atoms with Crippen LogP contribution in [-0.2, 0) is 6.54 Å². The van der Waals surface area contributed by atoms with Crippen molar-refractivity contribution in [1.82, 2.24) is 9.55 Å². The van der Waals surface area contributed by atoms with Crippen LogP contribution in [0.5, 0.6) is 11.5 Å². The molecule has 0 spiro atoms. The highest BCUT2D eigenvalue weighted by Gasteiger charge is 2.17. The molecule has 0 N–H and O–H groups in total. The molecule has 0 saturated carbocycles. The highest BCUT2D eigenvalue weighted by Crippen LogP contribution is 2.30. The Hall–Kier alpha value is -2.67. The molecule has 4 rings (SSSR count). The van der Waals surface area contributed by atoms with Gasteiger partial charge in [-0.15, -0.1) is 11.3 Å². The lowest BCUT2D eigenvalue weighted by molar-refractivity contribution is 0.0970. The lowest BCUT2D eigenvalue weighted by Gasteiger charge is -2.09. The van der Waals surface area contributed by atoms with E-state index in [4.69, 9.17) is 9.47 Å². The van der Waals surface area contributed by atoms with Crippen LogP contribution in [0, 0.1) is 13.8 Å². The van der Waals surface area contributed by atoms with E-state index in [0.717, 1.165) is 16.9 Å². The van der Waals surface area contributed by atoms with E-state index in [2.05, 4.69) is 4.98 Å². The highest BCUT2D eigenvalue weighted by atomic mass is 32.1. The summed E-state index contributed by atoms with van der Waals surface area (Å²) in [6.07, 6.45) is 2.25. The monoisotopic (exact) mass is 370 g/mol. The summed E-state index contributed by atoms with van der Waals surface area (Å²) in [5.41, 5.74) is 1.24. The lowest BCUT2D eigenvalue weighted by atomic mass is 10.1. The van der Waals surface area contributed by atoms with Crippen LogP contribution in [0.1, 0.15) is 27.2 Å². The number of thiophene rings is 1. The van der Waals surface area contributed by atoms with Crippen LogP contribution in [0.25, 0.3) is 10.2 Å². The van der Waals surface area contributed by atoms with E-state index in [1.54, 1.807) is 18.2 Å². The normalized spacial score (nSPS) is 13.6. The molecule has 3 aromatic rings. The number of ether oxygens (including phenoxy) is 2. The van der Waals surface area contributed by atoms with Crippen molar-refractivity contribution >= 4 is 27.3 Å². The van der Waals surface area contributed by atoms with Crippen LogP contribution in [0.15, 0.2) is 29.3 Å². The summed E-state index contributed by atoms with van der Waals surface area (Å²) in [7, 11) is 0. The SMILES string of the molecule is Cc1sc2ncn(CC(=O)c3ccc4c(c3)OCCCO4)c(=O)c2c1C. The second-order valence-electron chi connectivity index (χ2n) is 6.28. The predicted molar refractivity (Wildman–Crippen MR) is 99.7 cm³/mol. The maximum atomic E-state index is 12.7.